The van der Waals surface area contributed by atoms with E-state index in [2.05, 4.69) is 132 Å². The Balaban J connectivity index is 1.21. The van der Waals surface area contributed by atoms with Crippen molar-refractivity contribution in [3.05, 3.63) is 149 Å². The van der Waals surface area contributed by atoms with Gasteiger partial charge in [0.05, 0.1) is 0 Å². The Kier molecular flexibility index (Phi) is 5.16. The number of rotatable bonds is 5. The maximum atomic E-state index is 2.42. The molecule has 0 heterocycles. The Labute approximate surface area is 229 Å². The van der Waals surface area contributed by atoms with Crippen LogP contribution in [0, 0.1) is 0 Å². The van der Waals surface area contributed by atoms with Gasteiger partial charge in [-0.15, -0.1) is 0 Å². The molecule has 8 rings (SSSR count). The van der Waals surface area contributed by atoms with Crippen molar-refractivity contribution in [3.63, 3.8) is 0 Å². The van der Waals surface area contributed by atoms with Crippen molar-refractivity contribution in [2.24, 2.45) is 0 Å². The van der Waals surface area contributed by atoms with E-state index in [1.54, 1.807) is 0 Å². The van der Waals surface area contributed by atoms with Crippen LogP contribution in [0.4, 0.5) is 17.1 Å². The summed E-state index contributed by atoms with van der Waals surface area (Å²) in [5, 5.41) is 5.64. The molecule has 0 N–H and O–H groups in total. The molecule has 0 spiro atoms. The Morgan fingerprint density at radius 2 is 1.18 bits per heavy atom. The first-order valence-electron chi connectivity index (χ1n) is 14.0. The zero-order chi connectivity index (χ0) is 25.8. The fourth-order valence-electron chi connectivity index (χ4n) is 6.88. The van der Waals surface area contributed by atoms with E-state index in [4.69, 9.17) is 0 Å². The minimum Gasteiger partial charge on any atom is -0.310 e. The number of benzene rings is 6. The van der Waals surface area contributed by atoms with E-state index in [1.165, 1.54) is 72.0 Å². The number of hydrogen-bond donors (Lipinski definition) is 0. The van der Waals surface area contributed by atoms with Gasteiger partial charge in [-0.05, 0) is 117 Å². The second kappa shape index (κ2) is 8.99. The lowest BCUT2D eigenvalue weighted by Gasteiger charge is -2.27. The smallest absolute Gasteiger partial charge is 0.0500 e. The average Bonchev–Trinajstić information content (AvgIpc) is 3.62. The normalized spacial score (nSPS) is 13.6. The lowest BCUT2D eigenvalue weighted by atomic mass is 9.97. The molecule has 0 aliphatic heterocycles. The highest BCUT2D eigenvalue weighted by Crippen LogP contribution is 2.43. The molecule has 0 saturated carbocycles. The molecule has 0 amide bonds. The summed E-state index contributed by atoms with van der Waals surface area (Å²) in [5.41, 5.74) is 12.3. The van der Waals surface area contributed by atoms with Crippen LogP contribution in [-0.4, -0.2) is 0 Å². The first-order valence-corrected chi connectivity index (χ1v) is 14.0. The average molecular weight is 500 g/mol. The molecule has 0 unspecified atom stereocenters. The van der Waals surface area contributed by atoms with E-state index >= 15 is 0 Å². The number of nitrogens with zero attached hydrogens (tertiary/aromatic N) is 1. The van der Waals surface area contributed by atoms with Crippen molar-refractivity contribution < 1.29 is 0 Å². The van der Waals surface area contributed by atoms with Crippen LogP contribution in [0.2, 0.25) is 0 Å². The second-order valence-electron chi connectivity index (χ2n) is 10.8. The van der Waals surface area contributed by atoms with Crippen LogP contribution in [-0.2, 0) is 25.7 Å². The van der Waals surface area contributed by atoms with Crippen molar-refractivity contribution in [2.75, 3.05) is 4.90 Å². The molecule has 0 bridgehead atoms. The Morgan fingerprint density at radius 3 is 1.97 bits per heavy atom. The molecule has 186 valence electrons. The molecule has 0 aromatic heterocycles. The van der Waals surface area contributed by atoms with E-state index in [0.717, 1.165) is 25.7 Å². The summed E-state index contributed by atoms with van der Waals surface area (Å²) in [5.74, 6) is 0. The van der Waals surface area contributed by atoms with E-state index in [0.29, 0.717) is 0 Å². The van der Waals surface area contributed by atoms with Crippen LogP contribution in [0.5, 0.6) is 0 Å². The molecule has 2 aliphatic carbocycles. The topological polar surface area (TPSA) is 3.24 Å². The fraction of sp³-hybridized carbons (Fsp3) is 0.105. The molecule has 6 aromatic carbocycles. The largest absolute Gasteiger partial charge is 0.310 e. The third kappa shape index (κ3) is 3.69. The summed E-state index contributed by atoms with van der Waals surface area (Å²) in [4.78, 5) is 2.41. The fourth-order valence-corrected chi connectivity index (χ4v) is 6.88. The zero-order valence-corrected chi connectivity index (χ0v) is 21.9. The first kappa shape index (κ1) is 22.4. The van der Waals surface area contributed by atoms with Crippen molar-refractivity contribution in [1.82, 2.24) is 0 Å². The van der Waals surface area contributed by atoms with Gasteiger partial charge in [-0.1, -0.05) is 91.0 Å². The van der Waals surface area contributed by atoms with Crippen LogP contribution >= 0.6 is 0 Å². The first-order chi connectivity index (χ1) is 19.3. The molecule has 0 radical (unpaired) electrons. The Bertz CT molecular complexity index is 1860. The van der Waals surface area contributed by atoms with Crippen molar-refractivity contribution in [3.8, 4) is 0 Å². The predicted octanol–water partition coefficient (Wildman–Crippen LogP) is 9.83. The van der Waals surface area contributed by atoms with Gasteiger partial charge in [0.15, 0.2) is 0 Å². The lowest BCUT2D eigenvalue weighted by molar-refractivity contribution is 1.02. The summed E-state index contributed by atoms with van der Waals surface area (Å²) >= 11 is 0. The molecule has 2 aliphatic rings. The van der Waals surface area contributed by atoms with Crippen LogP contribution in [0.3, 0.4) is 0 Å². The van der Waals surface area contributed by atoms with Crippen molar-refractivity contribution >= 4 is 50.8 Å². The van der Waals surface area contributed by atoms with Crippen molar-refractivity contribution in [2.45, 2.75) is 25.7 Å². The van der Waals surface area contributed by atoms with Crippen LogP contribution in [0.1, 0.15) is 33.4 Å². The lowest BCUT2D eigenvalue weighted by Crippen LogP contribution is -2.11. The number of aryl methyl sites for hydroxylation is 4. The number of hydrogen-bond acceptors (Lipinski definition) is 1. The quantitative estimate of drug-likeness (QED) is 0.213. The predicted molar refractivity (Wildman–Crippen MR) is 166 cm³/mol. The second-order valence-corrected chi connectivity index (χ2v) is 10.8. The highest BCUT2D eigenvalue weighted by Gasteiger charge is 2.23. The summed E-state index contributed by atoms with van der Waals surface area (Å²) in [7, 11) is 0. The SMILES string of the molecule is C(=C\c1ccc2cccc3c2c1CC3)/c1cc2c3c(c(N(c4ccccc4)c4ccccc4)ccc3c1)CC2. The Hall–Kier alpha value is -4.62. The van der Waals surface area contributed by atoms with E-state index in [1.807, 2.05) is 0 Å². The minimum absolute atomic E-state index is 1.07. The molecule has 0 saturated heterocycles. The standard InChI is InChI=1S/C38H29N/c1-3-10-32(11-4-1)39(33-12-5-2-6-13-33)36-23-20-31-25-26(24-30-19-22-35(36)38(30)31)14-15-27-16-17-28-8-7-9-29-18-21-34(27)37(28)29/h1-17,20,23-25H,18-19,21-22H2/b15-14+. The monoisotopic (exact) mass is 499 g/mol. The van der Waals surface area contributed by atoms with Gasteiger partial charge < -0.3 is 4.90 Å². The van der Waals surface area contributed by atoms with Gasteiger partial charge in [0.1, 0.15) is 0 Å². The van der Waals surface area contributed by atoms with Crippen LogP contribution < -0.4 is 4.90 Å². The third-order valence-electron chi connectivity index (χ3n) is 8.59. The third-order valence-corrected chi connectivity index (χ3v) is 8.59. The van der Waals surface area contributed by atoms with Crippen LogP contribution in [0.15, 0.2) is 115 Å². The van der Waals surface area contributed by atoms with Gasteiger partial charge in [0, 0.05) is 17.1 Å². The van der Waals surface area contributed by atoms with Gasteiger partial charge in [0.25, 0.3) is 0 Å². The van der Waals surface area contributed by atoms with Gasteiger partial charge in [0.2, 0.25) is 0 Å². The van der Waals surface area contributed by atoms with Crippen LogP contribution in [0.25, 0.3) is 33.7 Å². The van der Waals surface area contributed by atoms with Gasteiger partial charge >= 0.3 is 0 Å². The number of anilines is 3. The molecule has 0 atom stereocenters. The van der Waals surface area contributed by atoms with Crippen molar-refractivity contribution in [1.29, 1.82) is 0 Å². The highest BCUT2D eigenvalue weighted by molar-refractivity contribution is 5.99. The zero-order valence-electron chi connectivity index (χ0n) is 21.9. The molecule has 0 fully saturated rings. The van der Waals surface area contributed by atoms with Gasteiger partial charge in [-0.3, -0.25) is 0 Å². The molecule has 6 aromatic rings. The maximum Gasteiger partial charge on any atom is 0.0500 e. The van der Waals surface area contributed by atoms with E-state index < -0.39 is 0 Å². The molecular formula is C38H29N. The Morgan fingerprint density at radius 1 is 0.487 bits per heavy atom. The summed E-state index contributed by atoms with van der Waals surface area (Å²) < 4.78 is 0. The molecule has 1 heteroatoms. The summed E-state index contributed by atoms with van der Waals surface area (Å²) in [6.45, 7) is 0. The molecule has 1 nitrogen and oxygen atoms in total. The van der Waals surface area contributed by atoms with Gasteiger partial charge in [-0.25, -0.2) is 0 Å². The van der Waals surface area contributed by atoms with Gasteiger partial charge in [-0.2, -0.15) is 0 Å². The highest BCUT2D eigenvalue weighted by atomic mass is 15.1. The maximum absolute atomic E-state index is 2.42. The molecular weight excluding hydrogens is 470 g/mol. The number of para-hydroxylation sites is 2. The van der Waals surface area contributed by atoms with E-state index in [9.17, 15) is 0 Å². The summed E-state index contributed by atoms with van der Waals surface area (Å²) in [6.07, 6.45) is 9.12. The molecule has 39 heavy (non-hydrogen) atoms. The minimum atomic E-state index is 1.07. The van der Waals surface area contributed by atoms with E-state index in [-0.39, 0.29) is 0 Å². The summed E-state index contributed by atoms with van der Waals surface area (Å²) in [6, 6.07) is 42.2.